The van der Waals surface area contributed by atoms with E-state index in [1.54, 1.807) is 11.3 Å². The van der Waals surface area contributed by atoms with Gasteiger partial charge in [-0.3, -0.25) is 5.32 Å². The van der Waals surface area contributed by atoms with Crippen LogP contribution in [0.1, 0.15) is 24.6 Å². The van der Waals surface area contributed by atoms with E-state index in [1.807, 2.05) is 4.90 Å². The number of methoxy groups -OCH3 is 1. The molecule has 1 aliphatic rings. The number of hydrogen-bond donors (Lipinski definition) is 1. The zero-order valence-corrected chi connectivity index (χ0v) is 14.1. The molecule has 1 fully saturated rings. The van der Waals surface area contributed by atoms with Crippen LogP contribution in [0.4, 0.5) is 10.6 Å². The van der Waals surface area contributed by atoms with E-state index >= 15 is 0 Å². The first-order valence-electron chi connectivity index (χ1n) is 7.57. The molecule has 2 amide bonds. The summed E-state index contributed by atoms with van der Waals surface area (Å²) < 4.78 is 5.19. The highest BCUT2D eigenvalue weighted by Gasteiger charge is 2.40. The number of carbonyl (C=O) groups is 1. The molecule has 0 aromatic carbocycles. The fourth-order valence-electron chi connectivity index (χ4n) is 3.07. The number of nitrogens with one attached hydrogen (secondary N) is 1. The topological polar surface area (TPSA) is 67.4 Å². The van der Waals surface area contributed by atoms with Gasteiger partial charge in [-0.2, -0.15) is 0 Å². The fourth-order valence-corrected chi connectivity index (χ4v) is 3.95. The molecule has 2 aromatic rings. The number of rotatable bonds is 4. The first-order chi connectivity index (χ1) is 11.1. The highest BCUT2D eigenvalue weighted by atomic mass is 32.1. The maximum atomic E-state index is 12.7. The Morgan fingerprint density at radius 2 is 2.43 bits per heavy atom. The van der Waals surface area contributed by atoms with Crippen LogP contribution in [0.5, 0.6) is 5.75 Å². The van der Waals surface area contributed by atoms with Gasteiger partial charge in [-0.15, -0.1) is 11.3 Å². The normalized spacial score (nSPS) is 20.5. The predicted octanol–water partition coefficient (Wildman–Crippen LogP) is 3.18. The van der Waals surface area contributed by atoms with Crippen molar-refractivity contribution < 1.29 is 9.53 Å². The molecule has 2 aromatic heterocycles. The van der Waals surface area contributed by atoms with Crippen LogP contribution in [0, 0.1) is 0 Å². The SMILES string of the molecule is COc1cncnc1NC(=O)N1CCCC1(C)Cc1cccs1. The molecule has 3 heterocycles. The number of hydrogen-bond acceptors (Lipinski definition) is 5. The number of anilines is 1. The van der Waals surface area contributed by atoms with E-state index in [0.717, 1.165) is 25.8 Å². The van der Waals surface area contributed by atoms with E-state index in [2.05, 4.69) is 39.7 Å². The summed E-state index contributed by atoms with van der Waals surface area (Å²) in [5.74, 6) is 0.859. The van der Waals surface area contributed by atoms with Crippen LogP contribution in [0.15, 0.2) is 30.0 Å². The van der Waals surface area contributed by atoms with E-state index < -0.39 is 0 Å². The molecular weight excluding hydrogens is 312 g/mol. The second kappa shape index (κ2) is 6.54. The Balaban J connectivity index is 1.75. The summed E-state index contributed by atoms with van der Waals surface area (Å²) in [6.07, 6.45) is 5.82. The number of carbonyl (C=O) groups excluding carboxylic acids is 1. The lowest BCUT2D eigenvalue weighted by Crippen LogP contribution is -2.48. The van der Waals surface area contributed by atoms with Crippen LogP contribution in [-0.2, 0) is 6.42 Å². The number of urea groups is 1. The third-order valence-electron chi connectivity index (χ3n) is 4.25. The van der Waals surface area contributed by atoms with Crippen molar-refractivity contribution in [2.24, 2.45) is 0 Å². The Kier molecular flexibility index (Phi) is 4.47. The zero-order valence-electron chi connectivity index (χ0n) is 13.3. The molecular formula is C16H20N4O2S. The van der Waals surface area contributed by atoms with Gasteiger partial charge in [0.1, 0.15) is 6.33 Å². The third kappa shape index (κ3) is 3.29. The average molecular weight is 332 g/mol. The monoisotopic (exact) mass is 332 g/mol. The van der Waals surface area contributed by atoms with Gasteiger partial charge in [0.25, 0.3) is 0 Å². The molecule has 0 bridgehead atoms. The van der Waals surface area contributed by atoms with Crippen molar-refractivity contribution in [3.8, 4) is 5.75 Å². The summed E-state index contributed by atoms with van der Waals surface area (Å²) in [4.78, 5) is 23.9. The lowest BCUT2D eigenvalue weighted by molar-refractivity contribution is 0.168. The highest BCUT2D eigenvalue weighted by Crippen LogP contribution is 2.34. The molecule has 1 N–H and O–H groups in total. The summed E-state index contributed by atoms with van der Waals surface area (Å²) >= 11 is 1.73. The molecule has 0 radical (unpaired) electrons. The summed E-state index contributed by atoms with van der Waals surface area (Å²) in [7, 11) is 1.53. The zero-order chi connectivity index (χ0) is 16.3. The van der Waals surface area contributed by atoms with Crippen molar-refractivity contribution in [1.82, 2.24) is 14.9 Å². The molecule has 23 heavy (non-hydrogen) atoms. The molecule has 7 heteroatoms. The second-order valence-electron chi connectivity index (χ2n) is 5.88. The van der Waals surface area contributed by atoms with Crippen LogP contribution in [0.2, 0.25) is 0 Å². The minimum Gasteiger partial charge on any atom is -0.491 e. The van der Waals surface area contributed by atoms with Crippen molar-refractivity contribution in [3.05, 3.63) is 34.9 Å². The van der Waals surface area contributed by atoms with Gasteiger partial charge in [-0.05, 0) is 31.2 Å². The Hall–Kier alpha value is -2.15. The van der Waals surface area contributed by atoms with E-state index in [4.69, 9.17) is 4.74 Å². The highest BCUT2D eigenvalue weighted by molar-refractivity contribution is 7.09. The molecule has 3 rings (SSSR count). The molecule has 1 saturated heterocycles. The lowest BCUT2D eigenvalue weighted by atomic mass is 9.94. The smallest absolute Gasteiger partial charge is 0.323 e. The molecule has 1 aliphatic heterocycles. The summed E-state index contributed by atoms with van der Waals surface area (Å²) in [6, 6.07) is 4.03. The molecule has 0 aliphatic carbocycles. The Labute approximate surface area is 139 Å². The first-order valence-corrected chi connectivity index (χ1v) is 8.45. The van der Waals surface area contributed by atoms with Crippen LogP contribution >= 0.6 is 11.3 Å². The first kappa shape index (κ1) is 15.7. The number of amides is 2. The molecule has 0 saturated carbocycles. The standard InChI is InChI=1S/C16H20N4O2S/c1-16(9-12-5-3-8-23-12)6-4-7-20(16)15(21)19-14-13(22-2)10-17-11-18-14/h3,5,8,10-11H,4,6-7,9H2,1-2H3,(H,17,18,19,21). The second-order valence-corrected chi connectivity index (χ2v) is 6.91. The van der Waals surface area contributed by atoms with Crippen molar-refractivity contribution in [2.75, 3.05) is 19.0 Å². The maximum absolute atomic E-state index is 12.7. The largest absolute Gasteiger partial charge is 0.491 e. The van der Waals surface area contributed by atoms with Gasteiger partial charge in [0, 0.05) is 23.4 Å². The van der Waals surface area contributed by atoms with Crippen molar-refractivity contribution in [1.29, 1.82) is 0 Å². The fraction of sp³-hybridized carbons (Fsp3) is 0.438. The van der Waals surface area contributed by atoms with E-state index in [-0.39, 0.29) is 11.6 Å². The molecule has 0 spiro atoms. The van der Waals surface area contributed by atoms with Gasteiger partial charge in [-0.1, -0.05) is 6.07 Å². The predicted molar refractivity (Wildman–Crippen MR) is 90.0 cm³/mol. The molecule has 6 nitrogen and oxygen atoms in total. The quantitative estimate of drug-likeness (QED) is 0.934. The number of ether oxygens (including phenoxy) is 1. The number of aromatic nitrogens is 2. The van der Waals surface area contributed by atoms with Crippen LogP contribution in [0.3, 0.4) is 0 Å². The number of likely N-dealkylation sites (tertiary alicyclic amines) is 1. The Morgan fingerprint density at radius 3 is 3.17 bits per heavy atom. The van der Waals surface area contributed by atoms with Crippen molar-refractivity contribution in [2.45, 2.75) is 31.7 Å². The van der Waals surface area contributed by atoms with Crippen LogP contribution < -0.4 is 10.1 Å². The minimum absolute atomic E-state index is 0.140. The van der Waals surface area contributed by atoms with Crippen molar-refractivity contribution in [3.63, 3.8) is 0 Å². The Morgan fingerprint density at radius 1 is 1.57 bits per heavy atom. The minimum atomic E-state index is -0.171. The third-order valence-corrected chi connectivity index (χ3v) is 5.13. The average Bonchev–Trinajstić information content (AvgIpc) is 3.17. The van der Waals surface area contributed by atoms with Crippen molar-refractivity contribution >= 4 is 23.2 Å². The van der Waals surface area contributed by atoms with Gasteiger partial charge in [0.15, 0.2) is 11.6 Å². The summed E-state index contributed by atoms with van der Waals surface area (Å²) in [5, 5.41) is 4.93. The molecule has 1 atom stereocenters. The van der Waals surface area contributed by atoms with Gasteiger partial charge in [-0.25, -0.2) is 14.8 Å². The van der Waals surface area contributed by atoms with Gasteiger partial charge >= 0.3 is 6.03 Å². The Bertz CT molecular complexity index is 676. The summed E-state index contributed by atoms with van der Waals surface area (Å²) in [5.41, 5.74) is -0.171. The van der Waals surface area contributed by atoms with E-state index in [9.17, 15) is 4.79 Å². The maximum Gasteiger partial charge on any atom is 0.323 e. The van der Waals surface area contributed by atoms with Crippen LogP contribution in [0.25, 0.3) is 0 Å². The van der Waals surface area contributed by atoms with E-state index in [1.165, 1.54) is 24.5 Å². The number of nitrogens with zero attached hydrogens (tertiary/aromatic N) is 3. The lowest BCUT2D eigenvalue weighted by Gasteiger charge is -2.35. The molecule has 1 unspecified atom stereocenters. The van der Waals surface area contributed by atoms with Gasteiger partial charge < -0.3 is 9.64 Å². The van der Waals surface area contributed by atoms with Crippen LogP contribution in [-0.4, -0.2) is 40.1 Å². The summed E-state index contributed by atoms with van der Waals surface area (Å²) in [6.45, 7) is 2.90. The molecule has 122 valence electrons. The van der Waals surface area contributed by atoms with Gasteiger partial charge in [0.05, 0.1) is 13.3 Å². The number of thiophene rings is 1. The van der Waals surface area contributed by atoms with Gasteiger partial charge in [0.2, 0.25) is 0 Å². The van der Waals surface area contributed by atoms with E-state index in [0.29, 0.717) is 11.6 Å².